The number of aryl methyl sites for hydroxylation is 2. The third-order valence-electron chi connectivity index (χ3n) is 2.66. The van der Waals surface area contributed by atoms with Crippen molar-refractivity contribution in [2.75, 3.05) is 0 Å². The highest BCUT2D eigenvalue weighted by atomic mass is 19.3. The molecule has 0 N–H and O–H groups in total. The summed E-state index contributed by atoms with van der Waals surface area (Å²) in [7, 11) is 0. The average molecular weight is 252 g/mol. The topological polar surface area (TPSA) is 27.1 Å². The van der Waals surface area contributed by atoms with Gasteiger partial charge in [-0.1, -0.05) is 12.1 Å². The van der Waals surface area contributed by atoms with E-state index in [1.165, 1.54) is 12.4 Å². The minimum absolute atomic E-state index is 0.0294. The maximum atomic E-state index is 12.6. The maximum absolute atomic E-state index is 12.6. The van der Waals surface area contributed by atoms with Gasteiger partial charge >= 0.3 is 6.55 Å². The molecule has 1 aromatic carbocycles. The normalized spacial score (nSPS) is 10.9. The lowest BCUT2D eigenvalue weighted by Crippen LogP contribution is -2.07. The number of hydrogen-bond donors (Lipinski definition) is 0. The van der Waals surface area contributed by atoms with E-state index in [0.717, 1.165) is 15.7 Å². The summed E-state index contributed by atoms with van der Waals surface area (Å²) in [5.74, 6) is 0.907. The summed E-state index contributed by atoms with van der Waals surface area (Å²) >= 11 is 0. The summed E-state index contributed by atoms with van der Waals surface area (Å²) in [6.45, 7) is 1.30. The zero-order chi connectivity index (χ0) is 13.1. The van der Waals surface area contributed by atoms with Gasteiger partial charge in [-0.05, 0) is 31.0 Å². The molecule has 0 aliphatic heterocycles. The zero-order valence-electron chi connectivity index (χ0n) is 10.2. The molecule has 1 aromatic heterocycles. The third kappa shape index (κ3) is 2.67. The van der Waals surface area contributed by atoms with E-state index in [4.69, 9.17) is 4.74 Å². The van der Waals surface area contributed by atoms with Crippen molar-refractivity contribution < 1.29 is 13.5 Å². The smallest absolute Gasteiger partial charge is 0.320 e. The van der Waals surface area contributed by atoms with Crippen molar-refractivity contribution in [3.8, 4) is 5.75 Å². The lowest BCUT2D eigenvalue weighted by Gasteiger charge is -2.11. The number of ether oxygens (including phenoxy) is 1. The molecule has 0 saturated heterocycles. The Hall–Kier alpha value is -1.91. The second-order valence-electron chi connectivity index (χ2n) is 4.09. The van der Waals surface area contributed by atoms with E-state index in [1.54, 1.807) is 0 Å². The van der Waals surface area contributed by atoms with Gasteiger partial charge in [0.15, 0.2) is 5.82 Å². The molecule has 0 amide bonds. The molecule has 0 fully saturated rings. The van der Waals surface area contributed by atoms with Crippen LogP contribution in [0, 0.1) is 13.8 Å². The molecule has 0 saturated carbocycles. The molecule has 18 heavy (non-hydrogen) atoms. The van der Waals surface area contributed by atoms with Gasteiger partial charge in [0.2, 0.25) is 0 Å². The van der Waals surface area contributed by atoms with Gasteiger partial charge in [0.25, 0.3) is 0 Å². The van der Waals surface area contributed by atoms with Crippen LogP contribution in [-0.4, -0.2) is 9.55 Å². The Bertz CT molecular complexity index is 538. The van der Waals surface area contributed by atoms with Crippen LogP contribution in [0.3, 0.4) is 0 Å². The lowest BCUT2D eigenvalue weighted by atomic mass is 10.1. The van der Waals surface area contributed by atoms with Crippen molar-refractivity contribution in [2.45, 2.75) is 27.0 Å². The summed E-state index contributed by atoms with van der Waals surface area (Å²) in [6.07, 6.45) is 2.58. The van der Waals surface area contributed by atoms with Crippen LogP contribution in [0.1, 0.15) is 23.5 Å². The molecule has 0 atom stereocenters. The molecule has 0 aliphatic carbocycles. The quantitative estimate of drug-likeness (QED) is 0.833. The van der Waals surface area contributed by atoms with E-state index in [2.05, 4.69) is 4.98 Å². The molecule has 0 radical (unpaired) electrons. The average Bonchev–Trinajstić information content (AvgIpc) is 2.79. The monoisotopic (exact) mass is 252 g/mol. The molecule has 3 nitrogen and oxygen atoms in total. The van der Waals surface area contributed by atoms with Gasteiger partial charge in [0.05, 0.1) is 0 Å². The Kier molecular flexibility index (Phi) is 3.60. The lowest BCUT2D eigenvalue weighted by molar-refractivity contribution is 0.0632. The van der Waals surface area contributed by atoms with E-state index in [1.807, 2.05) is 32.0 Å². The van der Waals surface area contributed by atoms with Gasteiger partial charge in [-0.3, -0.25) is 4.57 Å². The van der Waals surface area contributed by atoms with E-state index in [9.17, 15) is 8.78 Å². The number of hydrogen-bond acceptors (Lipinski definition) is 2. The summed E-state index contributed by atoms with van der Waals surface area (Å²) < 4.78 is 31.5. The number of imidazole rings is 1. The Morgan fingerprint density at radius 3 is 2.83 bits per heavy atom. The van der Waals surface area contributed by atoms with Crippen LogP contribution in [0.25, 0.3) is 0 Å². The highest BCUT2D eigenvalue weighted by Crippen LogP contribution is 2.21. The van der Waals surface area contributed by atoms with Crippen molar-refractivity contribution >= 4 is 0 Å². The Balaban J connectivity index is 2.11. The predicted octanol–water partition coefficient (Wildman–Crippen LogP) is 3.47. The fourth-order valence-corrected chi connectivity index (χ4v) is 1.64. The van der Waals surface area contributed by atoms with Crippen molar-refractivity contribution in [1.29, 1.82) is 0 Å². The van der Waals surface area contributed by atoms with Gasteiger partial charge in [-0.25, -0.2) is 4.98 Å². The molecule has 5 heteroatoms. The van der Waals surface area contributed by atoms with E-state index >= 15 is 0 Å². The largest absolute Gasteiger partial charge is 0.485 e. The van der Waals surface area contributed by atoms with Crippen molar-refractivity contribution in [3.05, 3.63) is 47.5 Å². The van der Waals surface area contributed by atoms with Crippen LogP contribution in [0.4, 0.5) is 8.78 Å². The first kappa shape index (κ1) is 12.5. The third-order valence-corrected chi connectivity index (χ3v) is 2.66. The van der Waals surface area contributed by atoms with Crippen LogP contribution in [0.2, 0.25) is 0 Å². The van der Waals surface area contributed by atoms with Crippen molar-refractivity contribution in [1.82, 2.24) is 9.55 Å². The van der Waals surface area contributed by atoms with Gasteiger partial charge in [0.1, 0.15) is 12.4 Å². The summed E-state index contributed by atoms with van der Waals surface area (Å²) in [4.78, 5) is 3.86. The first-order valence-electron chi connectivity index (χ1n) is 5.58. The van der Waals surface area contributed by atoms with Crippen LogP contribution in [0.15, 0.2) is 30.6 Å². The van der Waals surface area contributed by atoms with Crippen LogP contribution in [0.5, 0.6) is 5.75 Å². The first-order valence-corrected chi connectivity index (χ1v) is 5.58. The molecular formula is C13H14F2N2O. The SMILES string of the molecule is Cc1ccc(C)c(OCc2nccn2C(F)F)c1. The molecule has 1 heterocycles. The van der Waals surface area contributed by atoms with Crippen LogP contribution >= 0.6 is 0 Å². The highest BCUT2D eigenvalue weighted by molar-refractivity contribution is 5.35. The summed E-state index contributed by atoms with van der Waals surface area (Å²) in [5.41, 5.74) is 2.03. The summed E-state index contributed by atoms with van der Waals surface area (Å²) in [6, 6.07) is 5.79. The van der Waals surface area contributed by atoms with Gasteiger partial charge < -0.3 is 4.74 Å². The van der Waals surface area contributed by atoms with Gasteiger partial charge in [-0.15, -0.1) is 0 Å². The van der Waals surface area contributed by atoms with Crippen molar-refractivity contribution in [3.63, 3.8) is 0 Å². The Morgan fingerprint density at radius 2 is 2.11 bits per heavy atom. The van der Waals surface area contributed by atoms with Gasteiger partial charge in [-0.2, -0.15) is 8.78 Å². The molecular weight excluding hydrogens is 238 g/mol. The second-order valence-corrected chi connectivity index (χ2v) is 4.09. The number of nitrogens with zero attached hydrogens (tertiary/aromatic N) is 2. The number of aromatic nitrogens is 2. The molecule has 0 aliphatic rings. The number of halogens is 2. The number of rotatable bonds is 4. The van der Waals surface area contributed by atoms with Crippen molar-refractivity contribution in [2.24, 2.45) is 0 Å². The van der Waals surface area contributed by atoms with E-state index in [0.29, 0.717) is 5.75 Å². The van der Waals surface area contributed by atoms with E-state index < -0.39 is 6.55 Å². The maximum Gasteiger partial charge on any atom is 0.320 e. The summed E-state index contributed by atoms with van der Waals surface area (Å²) in [5, 5.41) is 0. The highest BCUT2D eigenvalue weighted by Gasteiger charge is 2.12. The molecule has 0 bridgehead atoms. The Labute approximate surface area is 104 Å². The fourth-order valence-electron chi connectivity index (χ4n) is 1.64. The van der Waals surface area contributed by atoms with E-state index in [-0.39, 0.29) is 12.4 Å². The molecule has 0 spiro atoms. The molecule has 2 rings (SSSR count). The molecule has 0 unspecified atom stereocenters. The fraction of sp³-hybridized carbons (Fsp3) is 0.308. The number of benzene rings is 1. The zero-order valence-corrected chi connectivity index (χ0v) is 10.2. The Morgan fingerprint density at radius 1 is 1.33 bits per heavy atom. The standard InChI is InChI=1S/C13H14F2N2O/c1-9-3-4-10(2)11(7-9)18-8-12-16-5-6-17(12)13(14)15/h3-7,13H,8H2,1-2H3. The minimum Gasteiger partial charge on any atom is -0.485 e. The predicted molar refractivity (Wildman–Crippen MR) is 63.7 cm³/mol. The number of alkyl halides is 2. The van der Waals surface area contributed by atoms with Gasteiger partial charge in [0, 0.05) is 12.4 Å². The first-order chi connectivity index (χ1) is 8.58. The molecule has 96 valence electrons. The second kappa shape index (κ2) is 5.16. The minimum atomic E-state index is -2.59. The molecule has 2 aromatic rings. The van der Waals surface area contributed by atoms with Crippen LogP contribution < -0.4 is 4.74 Å². The van der Waals surface area contributed by atoms with Crippen LogP contribution in [-0.2, 0) is 6.61 Å².